The molecule has 0 radical (unpaired) electrons. The van der Waals surface area contributed by atoms with Gasteiger partial charge in [0.15, 0.2) is 5.71 Å². The van der Waals surface area contributed by atoms with E-state index in [0.717, 1.165) is 0 Å². The molecule has 0 heterocycles. The number of carbonyl (C=O) groups excluding carboxylic acids is 1. The third-order valence-electron chi connectivity index (χ3n) is 2.88. The van der Waals surface area contributed by atoms with Crippen LogP contribution in [0.3, 0.4) is 0 Å². The van der Waals surface area contributed by atoms with Crippen molar-refractivity contribution in [3.05, 3.63) is 54.6 Å². The van der Waals surface area contributed by atoms with Crippen molar-refractivity contribution in [2.24, 2.45) is 10.8 Å². The highest BCUT2D eigenvalue weighted by atomic mass is 32.1. The van der Waals surface area contributed by atoms with Gasteiger partial charge in [-0.05, 0) is 24.3 Å². The van der Waals surface area contributed by atoms with E-state index < -0.39 is 5.91 Å². The summed E-state index contributed by atoms with van der Waals surface area (Å²) in [6, 6.07) is 16.1. The smallest absolute Gasteiger partial charge is 0.279 e. The molecule has 0 saturated carbocycles. The van der Waals surface area contributed by atoms with Crippen LogP contribution in [0.4, 0.5) is 11.4 Å². The SMILES string of the molecule is COc1ccccc1N/N=C(\C(=O)Nc1ccccc1)C(N)=S. The summed E-state index contributed by atoms with van der Waals surface area (Å²) < 4.78 is 5.20. The molecule has 23 heavy (non-hydrogen) atoms. The highest BCUT2D eigenvalue weighted by molar-refractivity contribution is 7.82. The quantitative estimate of drug-likeness (QED) is 0.430. The molecule has 0 unspecified atom stereocenters. The van der Waals surface area contributed by atoms with Gasteiger partial charge in [-0.25, -0.2) is 0 Å². The van der Waals surface area contributed by atoms with Crippen LogP contribution in [0.2, 0.25) is 0 Å². The van der Waals surface area contributed by atoms with Gasteiger partial charge in [0, 0.05) is 5.69 Å². The van der Waals surface area contributed by atoms with Gasteiger partial charge in [-0.1, -0.05) is 42.5 Å². The second-order valence-electron chi connectivity index (χ2n) is 4.46. The average Bonchev–Trinajstić information content (AvgIpc) is 2.56. The third-order valence-corrected chi connectivity index (χ3v) is 3.07. The van der Waals surface area contributed by atoms with Crippen molar-refractivity contribution < 1.29 is 9.53 Å². The highest BCUT2D eigenvalue weighted by Crippen LogP contribution is 2.22. The number of thiocarbonyl (C=S) groups is 1. The molecule has 118 valence electrons. The van der Waals surface area contributed by atoms with E-state index in [1.54, 1.807) is 43.5 Å². The van der Waals surface area contributed by atoms with E-state index in [1.165, 1.54) is 0 Å². The second-order valence-corrected chi connectivity index (χ2v) is 4.90. The van der Waals surface area contributed by atoms with Crippen LogP contribution in [0.1, 0.15) is 0 Å². The molecule has 0 spiro atoms. The lowest BCUT2D eigenvalue weighted by Gasteiger charge is -2.09. The number of anilines is 2. The molecule has 4 N–H and O–H groups in total. The van der Waals surface area contributed by atoms with Crippen LogP contribution in [0.25, 0.3) is 0 Å². The van der Waals surface area contributed by atoms with Crippen molar-refractivity contribution in [3.63, 3.8) is 0 Å². The summed E-state index contributed by atoms with van der Waals surface area (Å²) in [7, 11) is 1.54. The van der Waals surface area contributed by atoms with Crippen molar-refractivity contribution in [3.8, 4) is 5.75 Å². The third kappa shape index (κ3) is 4.52. The lowest BCUT2D eigenvalue weighted by Crippen LogP contribution is -2.34. The Kier molecular flexibility index (Phi) is 5.65. The molecule has 7 heteroatoms. The van der Waals surface area contributed by atoms with E-state index in [1.807, 2.05) is 18.2 Å². The molecule has 6 nitrogen and oxygen atoms in total. The van der Waals surface area contributed by atoms with Gasteiger partial charge in [0.05, 0.1) is 12.8 Å². The molecule has 2 rings (SSSR count). The first-order chi connectivity index (χ1) is 11.1. The first kappa shape index (κ1) is 16.4. The fourth-order valence-electron chi connectivity index (χ4n) is 1.78. The molecular weight excluding hydrogens is 312 g/mol. The molecule has 0 aliphatic rings. The van der Waals surface area contributed by atoms with Gasteiger partial charge < -0.3 is 15.8 Å². The summed E-state index contributed by atoms with van der Waals surface area (Å²) in [5.41, 5.74) is 9.48. The Morgan fingerprint density at radius 2 is 1.78 bits per heavy atom. The molecule has 0 aliphatic carbocycles. The monoisotopic (exact) mass is 328 g/mol. The minimum Gasteiger partial charge on any atom is -0.495 e. The Bertz CT molecular complexity index is 732. The van der Waals surface area contributed by atoms with E-state index in [2.05, 4.69) is 15.8 Å². The molecule has 0 aliphatic heterocycles. The number of ether oxygens (including phenoxy) is 1. The number of hydrazone groups is 1. The number of rotatable bonds is 6. The van der Waals surface area contributed by atoms with Crippen molar-refractivity contribution in [2.75, 3.05) is 17.9 Å². The van der Waals surface area contributed by atoms with Crippen LogP contribution < -0.4 is 21.2 Å². The number of methoxy groups -OCH3 is 1. The standard InChI is InChI=1S/C16H16N4O2S/c1-22-13-10-6-5-9-12(13)19-20-14(15(17)23)16(21)18-11-7-3-2-4-8-11/h2-10,19H,1H3,(H2,17,23)(H,18,21)/b20-14-. The number of para-hydroxylation sites is 3. The zero-order valence-corrected chi connectivity index (χ0v) is 13.3. The molecule has 0 fully saturated rings. The van der Waals surface area contributed by atoms with Crippen LogP contribution >= 0.6 is 12.2 Å². The number of carbonyl (C=O) groups is 1. The summed E-state index contributed by atoms with van der Waals surface area (Å²) in [6.45, 7) is 0. The van der Waals surface area contributed by atoms with E-state index >= 15 is 0 Å². The lowest BCUT2D eigenvalue weighted by molar-refractivity contribution is -0.110. The fraction of sp³-hybridized carbons (Fsp3) is 0.0625. The van der Waals surface area contributed by atoms with Crippen LogP contribution in [0, 0.1) is 0 Å². The van der Waals surface area contributed by atoms with Crippen molar-refractivity contribution in [1.82, 2.24) is 0 Å². The first-order valence-corrected chi connectivity index (χ1v) is 7.15. The second kappa shape index (κ2) is 7.90. The number of benzene rings is 2. The Labute approximate surface area is 139 Å². The maximum atomic E-state index is 12.2. The Hall–Kier alpha value is -2.93. The minimum atomic E-state index is -0.494. The first-order valence-electron chi connectivity index (χ1n) is 6.74. The van der Waals surface area contributed by atoms with E-state index in [9.17, 15) is 4.79 Å². The van der Waals surface area contributed by atoms with Gasteiger partial charge in [0.25, 0.3) is 5.91 Å². The van der Waals surface area contributed by atoms with Crippen LogP contribution in [-0.4, -0.2) is 23.7 Å². The number of nitrogens with two attached hydrogens (primary N) is 1. The van der Waals surface area contributed by atoms with Crippen LogP contribution in [0.15, 0.2) is 59.7 Å². The van der Waals surface area contributed by atoms with E-state index in [-0.39, 0.29) is 10.7 Å². The van der Waals surface area contributed by atoms with E-state index in [4.69, 9.17) is 22.7 Å². The van der Waals surface area contributed by atoms with Gasteiger partial charge in [0.1, 0.15) is 10.7 Å². The minimum absolute atomic E-state index is 0.0743. The van der Waals surface area contributed by atoms with Crippen molar-refractivity contribution in [2.45, 2.75) is 0 Å². The molecule has 0 aromatic heterocycles. The van der Waals surface area contributed by atoms with Gasteiger partial charge in [-0.2, -0.15) is 5.10 Å². The van der Waals surface area contributed by atoms with Crippen molar-refractivity contribution >= 4 is 40.2 Å². The van der Waals surface area contributed by atoms with E-state index in [0.29, 0.717) is 17.1 Å². The summed E-state index contributed by atoms with van der Waals surface area (Å²) in [5.74, 6) is 0.0908. The summed E-state index contributed by atoms with van der Waals surface area (Å²) in [5, 5.41) is 6.69. The summed E-state index contributed by atoms with van der Waals surface area (Å²) >= 11 is 4.90. The average molecular weight is 328 g/mol. The summed E-state index contributed by atoms with van der Waals surface area (Å²) in [6.07, 6.45) is 0. The number of nitrogens with one attached hydrogen (secondary N) is 2. The number of nitrogens with zero attached hydrogens (tertiary/aromatic N) is 1. The highest BCUT2D eigenvalue weighted by Gasteiger charge is 2.15. The predicted octanol–water partition coefficient (Wildman–Crippen LogP) is 2.39. The topological polar surface area (TPSA) is 88.7 Å². The zero-order valence-electron chi connectivity index (χ0n) is 12.4. The Morgan fingerprint density at radius 1 is 1.13 bits per heavy atom. The van der Waals surface area contributed by atoms with Gasteiger partial charge in [0.2, 0.25) is 0 Å². The Morgan fingerprint density at radius 3 is 2.43 bits per heavy atom. The molecule has 0 atom stereocenters. The zero-order chi connectivity index (χ0) is 16.7. The molecule has 1 amide bonds. The van der Waals surface area contributed by atoms with Gasteiger partial charge in [-0.3, -0.25) is 10.2 Å². The van der Waals surface area contributed by atoms with Crippen molar-refractivity contribution in [1.29, 1.82) is 0 Å². The normalized spacial score (nSPS) is 10.7. The Balaban J connectivity index is 2.17. The lowest BCUT2D eigenvalue weighted by atomic mass is 10.3. The maximum absolute atomic E-state index is 12.2. The van der Waals surface area contributed by atoms with Crippen LogP contribution in [-0.2, 0) is 4.79 Å². The molecule has 0 bridgehead atoms. The number of hydrogen-bond acceptors (Lipinski definition) is 5. The van der Waals surface area contributed by atoms with Gasteiger partial charge >= 0.3 is 0 Å². The number of hydrogen-bond donors (Lipinski definition) is 3. The largest absolute Gasteiger partial charge is 0.495 e. The molecule has 2 aromatic carbocycles. The predicted molar refractivity (Wildman–Crippen MR) is 95.9 cm³/mol. The summed E-state index contributed by atoms with van der Waals surface area (Å²) in [4.78, 5) is 12.1. The molecule has 0 saturated heterocycles. The molecular formula is C16H16N4O2S. The molecule has 2 aromatic rings. The fourth-order valence-corrected chi connectivity index (χ4v) is 1.92. The van der Waals surface area contributed by atoms with Gasteiger partial charge in [-0.15, -0.1) is 0 Å². The van der Waals surface area contributed by atoms with Crippen LogP contribution in [0.5, 0.6) is 5.75 Å². The maximum Gasteiger partial charge on any atom is 0.279 e. The number of amides is 1.